The predicted octanol–water partition coefficient (Wildman–Crippen LogP) is 1.20. The summed E-state index contributed by atoms with van der Waals surface area (Å²) in [5.41, 5.74) is 1.77. The molecule has 0 bridgehead atoms. The summed E-state index contributed by atoms with van der Waals surface area (Å²) in [7, 11) is 0. The van der Waals surface area contributed by atoms with Crippen LogP contribution >= 0.6 is 11.6 Å². The van der Waals surface area contributed by atoms with Crippen LogP contribution in [0, 0.1) is 0 Å². The fourth-order valence-corrected chi connectivity index (χ4v) is 3.51. The number of nitrogens with zero attached hydrogens (tertiary/aromatic N) is 5. The first kappa shape index (κ1) is 20.9. The van der Waals surface area contributed by atoms with Crippen molar-refractivity contribution in [3.05, 3.63) is 71.0 Å². The molecule has 1 aromatic heterocycles. The third kappa shape index (κ3) is 4.55. The molecule has 0 saturated carbocycles. The number of hydrogen-bond donors (Lipinski definition) is 2. The fourth-order valence-electron chi connectivity index (χ4n) is 3.31. The summed E-state index contributed by atoms with van der Waals surface area (Å²) in [6, 6.07) is 12.8. The molecule has 31 heavy (non-hydrogen) atoms. The van der Waals surface area contributed by atoms with Crippen LogP contribution in [0.2, 0.25) is 5.02 Å². The number of tetrazole rings is 1. The quantitative estimate of drug-likeness (QED) is 0.588. The van der Waals surface area contributed by atoms with Crippen LogP contribution in [0.1, 0.15) is 23.7 Å². The minimum atomic E-state index is -1.42. The van der Waals surface area contributed by atoms with E-state index in [1.54, 1.807) is 48.5 Å². The van der Waals surface area contributed by atoms with Crippen molar-refractivity contribution in [2.45, 2.75) is 25.1 Å². The highest BCUT2D eigenvalue weighted by Crippen LogP contribution is 2.23. The smallest absolute Gasteiger partial charge is 0.280 e. The molecule has 2 aromatic carbocycles. The van der Waals surface area contributed by atoms with Crippen molar-refractivity contribution in [1.82, 2.24) is 30.6 Å². The van der Waals surface area contributed by atoms with E-state index in [4.69, 9.17) is 16.4 Å². The number of benzene rings is 2. The molecule has 0 spiro atoms. The van der Waals surface area contributed by atoms with E-state index in [-0.39, 0.29) is 13.2 Å². The average molecular weight is 443 g/mol. The predicted molar refractivity (Wildman–Crippen MR) is 109 cm³/mol. The SMILES string of the molecule is O=C(NCc1cc(Cl)ccc1-n1cnnn1)C1CCON1C(=O)[C@H](O)c1ccccc1. The Morgan fingerprint density at radius 2 is 2.06 bits per heavy atom. The third-order valence-electron chi connectivity index (χ3n) is 4.86. The zero-order valence-corrected chi connectivity index (χ0v) is 17.0. The van der Waals surface area contributed by atoms with Gasteiger partial charge in [-0.05, 0) is 39.8 Å². The second-order valence-electron chi connectivity index (χ2n) is 6.86. The van der Waals surface area contributed by atoms with Gasteiger partial charge in [0.25, 0.3) is 5.91 Å². The van der Waals surface area contributed by atoms with E-state index in [1.807, 2.05) is 0 Å². The molecule has 3 aromatic rings. The van der Waals surface area contributed by atoms with Gasteiger partial charge in [-0.25, -0.2) is 9.75 Å². The summed E-state index contributed by atoms with van der Waals surface area (Å²) in [6.45, 7) is 0.326. The van der Waals surface area contributed by atoms with Gasteiger partial charge in [-0.15, -0.1) is 5.10 Å². The topological polar surface area (TPSA) is 122 Å². The number of aliphatic hydroxyl groups excluding tert-OH is 1. The second-order valence-corrected chi connectivity index (χ2v) is 7.30. The lowest BCUT2D eigenvalue weighted by Crippen LogP contribution is -2.46. The number of aliphatic hydroxyl groups is 1. The first-order valence-corrected chi connectivity index (χ1v) is 9.91. The number of hydroxylamine groups is 2. The lowest BCUT2D eigenvalue weighted by Gasteiger charge is -2.24. The van der Waals surface area contributed by atoms with Crippen LogP contribution in [0.4, 0.5) is 0 Å². The van der Waals surface area contributed by atoms with Gasteiger partial charge in [0.1, 0.15) is 12.4 Å². The average Bonchev–Trinajstić information content (AvgIpc) is 3.49. The summed E-state index contributed by atoms with van der Waals surface area (Å²) in [6.07, 6.45) is 0.327. The number of carbonyl (C=O) groups excluding carboxylic acids is 2. The molecule has 1 fully saturated rings. The van der Waals surface area contributed by atoms with Crippen molar-refractivity contribution in [2.24, 2.45) is 0 Å². The number of amides is 2. The van der Waals surface area contributed by atoms with Crippen molar-refractivity contribution in [3.8, 4) is 5.69 Å². The normalized spacial score (nSPS) is 16.8. The highest BCUT2D eigenvalue weighted by molar-refractivity contribution is 6.30. The number of aromatic nitrogens is 4. The molecule has 2 N–H and O–H groups in total. The molecule has 0 aliphatic carbocycles. The van der Waals surface area contributed by atoms with Crippen LogP contribution in [-0.4, -0.2) is 54.8 Å². The van der Waals surface area contributed by atoms with Gasteiger partial charge in [-0.2, -0.15) is 0 Å². The molecule has 2 atom stereocenters. The van der Waals surface area contributed by atoms with Crippen molar-refractivity contribution < 1.29 is 19.5 Å². The van der Waals surface area contributed by atoms with E-state index < -0.39 is 24.0 Å². The molecule has 2 heterocycles. The van der Waals surface area contributed by atoms with Gasteiger partial charge in [0.2, 0.25) is 5.91 Å². The van der Waals surface area contributed by atoms with E-state index in [0.29, 0.717) is 28.3 Å². The van der Waals surface area contributed by atoms with Gasteiger partial charge >= 0.3 is 0 Å². The Hall–Kier alpha value is -3.34. The van der Waals surface area contributed by atoms with Gasteiger partial charge in [-0.3, -0.25) is 14.4 Å². The summed E-state index contributed by atoms with van der Waals surface area (Å²) >= 11 is 6.10. The summed E-state index contributed by atoms with van der Waals surface area (Å²) < 4.78 is 1.46. The first-order chi connectivity index (χ1) is 15.0. The van der Waals surface area contributed by atoms with Crippen LogP contribution in [0.15, 0.2) is 54.9 Å². The molecular formula is C20H19ClN6O4. The molecular weight excluding hydrogens is 424 g/mol. The van der Waals surface area contributed by atoms with Crippen LogP contribution in [-0.2, 0) is 21.0 Å². The largest absolute Gasteiger partial charge is 0.378 e. The zero-order valence-electron chi connectivity index (χ0n) is 16.3. The van der Waals surface area contributed by atoms with Gasteiger partial charge in [-0.1, -0.05) is 41.9 Å². The summed E-state index contributed by atoms with van der Waals surface area (Å²) in [5.74, 6) is -1.10. The zero-order chi connectivity index (χ0) is 21.8. The highest BCUT2D eigenvalue weighted by Gasteiger charge is 2.38. The molecule has 1 aliphatic heterocycles. The Morgan fingerprint density at radius 3 is 2.81 bits per heavy atom. The molecule has 10 nitrogen and oxygen atoms in total. The number of rotatable bonds is 6. The number of nitrogens with one attached hydrogen (secondary N) is 1. The maximum atomic E-state index is 12.8. The summed E-state index contributed by atoms with van der Waals surface area (Å²) in [5, 5.41) is 25.7. The summed E-state index contributed by atoms with van der Waals surface area (Å²) in [4.78, 5) is 30.9. The van der Waals surface area contributed by atoms with E-state index in [2.05, 4.69) is 20.8 Å². The lowest BCUT2D eigenvalue weighted by atomic mass is 10.1. The number of carbonyl (C=O) groups is 2. The van der Waals surface area contributed by atoms with E-state index in [0.717, 1.165) is 5.06 Å². The van der Waals surface area contributed by atoms with Crippen molar-refractivity contribution in [3.63, 3.8) is 0 Å². The maximum absolute atomic E-state index is 12.8. The fraction of sp³-hybridized carbons (Fsp3) is 0.250. The van der Waals surface area contributed by atoms with Crippen molar-refractivity contribution in [1.29, 1.82) is 0 Å². The molecule has 1 aliphatic rings. The third-order valence-corrected chi connectivity index (χ3v) is 5.10. The monoisotopic (exact) mass is 442 g/mol. The minimum absolute atomic E-state index is 0.133. The Labute approximate surface area is 182 Å². The van der Waals surface area contributed by atoms with Crippen LogP contribution < -0.4 is 5.32 Å². The number of halogens is 1. The van der Waals surface area contributed by atoms with Crippen LogP contribution in [0.25, 0.3) is 5.69 Å². The first-order valence-electron chi connectivity index (χ1n) is 9.53. The van der Waals surface area contributed by atoms with Gasteiger partial charge in [0.15, 0.2) is 6.10 Å². The Balaban J connectivity index is 1.45. The highest BCUT2D eigenvalue weighted by atomic mass is 35.5. The Bertz CT molecular complexity index is 1060. The van der Waals surface area contributed by atoms with Gasteiger partial charge in [0, 0.05) is 18.0 Å². The van der Waals surface area contributed by atoms with Crippen molar-refractivity contribution >= 4 is 23.4 Å². The van der Waals surface area contributed by atoms with Crippen LogP contribution in [0.5, 0.6) is 0 Å². The van der Waals surface area contributed by atoms with Crippen LogP contribution in [0.3, 0.4) is 0 Å². The lowest BCUT2D eigenvalue weighted by molar-refractivity contribution is -0.187. The second kappa shape index (κ2) is 9.21. The molecule has 0 radical (unpaired) electrons. The molecule has 4 rings (SSSR count). The Kier molecular flexibility index (Phi) is 6.21. The number of hydrogen-bond acceptors (Lipinski definition) is 7. The molecule has 11 heteroatoms. The minimum Gasteiger partial charge on any atom is -0.378 e. The van der Waals surface area contributed by atoms with E-state index in [9.17, 15) is 14.7 Å². The molecule has 1 unspecified atom stereocenters. The standard InChI is InChI=1S/C20H19ClN6O4/c21-15-6-7-16(26-12-23-24-25-26)14(10-15)11-22-19(29)17-8-9-31-27(17)20(30)18(28)13-4-2-1-3-5-13/h1-7,10,12,17-18,28H,8-9,11H2,(H,22,29)/t17?,18-/m1/s1. The maximum Gasteiger partial charge on any atom is 0.280 e. The van der Waals surface area contributed by atoms with Crippen molar-refractivity contribution in [2.75, 3.05) is 6.61 Å². The molecule has 1 saturated heterocycles. The van der Waals surface area contributed by atoms with Gasteiger partial charge < -0.3 is 10.4 Å². The van der Waals surface area contributed by atoms with E-state index in [1.165, 1.54) is 11.0 Å². The Morgan fingerprint density at radius 1 is 1.26 bits per heavy atom. The molecule has 160 valence electrons. The molecule has 2 amide bonds. The van der Waals surface area contributed by atoms with Gasteiger partial charge in [0.05, 0.1) is 12.3 Å². The van der Waals surface area contributed by atoms with E-state index >= 15 is 0 Å².